The normalized spacial score (nSPS) is 22.5. The van der Waals surface area contributed by atoms with Crippen LogP contribution in [0.5, 0.6) is 0 Å². The van der Waals surface area contributed by atoms with Crippen LogP contribution in [0.3, 0.4) is 0 Å². The summed E-state index contributed by atoms with van der Waals surface area (Å²) in [5, 5.41) is 13.2. The Morgan fingerprint density at radius 2 is 2.18 bits per heavy atom. The molecule has 0 amide bonds. The lowest BCUT2D eigenvalue weighted by molar-refractivity contribution is 0.0851. The van der Waals surface area contributed by atoms with Gasteiger partial charge in [0.05, 0.1) is 11.7 Å². The summed E-state index contributed by atoms with van der Waals surface area (Å²) in [4.78, 5) is 0. The summed E-state index contributed by atoms with van der Waals surface area (Å²) in [6, 6.07) is 2.60. The predicted octanol–water partition coefficient (Wildman–Crippen LogP) is 2.31. The van der Waals surface area contributed by atoms with Crippen LogP contribution >= 0.6 is 0 Å². The van der Waals surface area contributed by atoms with Gasteiger partial charge in [-0.1, -0.05) is 6.07 Å². The Bertz CT molecular complexity index is 403. The van der Waals surface area contributed by atoms with Crippen molar-refractivity contribution in [3.63, 3.8) is 0 Å². The lowest BCUT2D eigenvalue weighted by Gasteiger charge is -2.28. The van der Waals surface area contributed by atoms with Crippen molar-refractivity contribution in [2.45, 2.75) is 25.9 Å². The smallest absolute Gasteiger partial charge is 0.134 e. The molecule has 2 rings (SSSR count). The quantitative estimate of drug-likeness (QED) is 0.832. The SMILES string of the molecule is Cc1ccc(F)c(C(O)C2CCCNC2)c1F. The highest BCUT2D eigenvalue weighted by atomic mass is 19.1. The van der Waals surface area contributed by atoms with Gasteiger partial charge in [0.2, 0.25) is 0 Å². The Hall–Kier alpha value is -1.00. The Balaban J connectivity index is 2.29. The van der Waals surface area contributed by atoms with E-state index in [2.05, 4.69) is 5.32 Å². The lowest BCUT2D eigenvalue weighted by atomic mass is 9.88. The van der Waals surface area contributed by atoms with Gasteiger partial charge in [0.15, 0.2) is 0 Å². The number of hydrogen-bond donors (Lipinski definition) is 2. The van der Waals surface area contributed by atoms with Crippen LogP contribution in [-0.4, -0.2) is 18.2 Å². The molecule has 0 radical (unpaired) electrons. The number of piperidine rings is 1. The molecule has 1 aliphatic rings. The van der Waals surface area contributed by atoms with Gasteiger partial charge in [0.25, 0.3) is 0 Å². The zero-order valence-electron chi connectivity index (χ0n) is 9.84. The van der Waals surface area contributed by atoms with E-state index in [0.29, 0.717) is 12.1 Å². The average molecular weight is 241 g/mol. The minimum absolute atomic E-state index is 0.116. The summed E-state index contributed by atoms with van der Waals surface area (Å²) in [6.45, 7) is 3.08. The van der Waals surface area contributed by atoms with Crippen LogP contribution in [0.1, 0.15) is 30.1 Å². The monoisotopic (exact) mass is 241 g/mol. The van der Waals surface area contributed by atoms with Gasteiger partial charge in [-0.3, -0.25) is 0 Å². The van der Waals surface area contributed by atoms with Crippen LogP contribution in [0.2, 0.25) is 0 Å². The number of hydrogen-bond acceptors (Lipinski definition) is 2. The fourth-order valence-electron chi connectivity index (χ4n) is 2.33. The summed E-state index contributed by atoms with van der Waals surface area (Å²) in [5.74, 6) is -1.40. The van der Waals surface area contributed by atoms with Crippen LogP contribution in [0.4, 0.5) is 8.78 Å². The minimum atomic E-state index is -1.07. The van der Waals surface area contributed by atoms with Gasteiger partial charge in [-0.05, 0) is 37.9 Å². The number of benzene rings is 1. The maximum atomic E-state index is 13.8. The standard InChI is InChI=1S/C13H17F2NO/c1-8-4-5-10(14)11(12(8)15)13(17)9-3-2-6-16-7-9/h4-5,9,13,16-17H,2-3,6-7H2,1H3. The molecule has 0 aromatic heterocycles. The van der Waals surface area contributed by atoms with E-state index >= 15 is 0 Å². The highest BCUT2D eigenvalue weighted by Crippen LogP contribution is 2.31. The Labute approximate surface area is 99.7 Å². The summed E-state index contributed by atoms with van der Waals surface area (Å²) in [6.07, 6.45) is 0.653. The van der Waals surface area contributed by atoms with E-state index in [1.165, 1.54) is 12.1 Å². The van der Waals surface area contributed by atoms with Crippen molar-refractivity contribution in [2.24, 2.45) is 5.92 Å². The number of aliphatic hydroxyl groups is 1. The second kappa shape index (κ2) is 5.10. The van der Waals surface area contributed by atoms with E-state index < -0.39 is 17.7 Å². The summed E-state index contributed by atoms with van der Waals surface area (Å²) in [7, 11) is 0. The average Bonchev–Trinajstić information content (AvgIpc) is 2.35. The number of halogens is 2. The third-order valence-corrected chi connectivity index (χ3v) is 3.40. The Morgan fingerprint density at radius 3 is 2.82 bits per heavy atom. The van der Waals surface area contributed by atoms with E-state index in [1.54, 1.807) is 6.92 Å². The maximum absolute atomic E-state index is 13.8. The summed E-state index contributed by atoms with van der Waals surface area (Å²) < 4.78 is 27.5. The second-order valence-corrected chi connectivity index (χ2v) is 4.64. The molecular weight excluding hydrogens is 224 g/mol. The molecule has 2 nitrogen and oxygen atoms in total. The molecule has 0 spiro atoms. The number of rotatable bonds is 2. The molecule has 94 valence electrons. The highest BCUT2D eigenvalue weighted by Gasteiger charge is 2.28. The predicted molar refractivity (Wildman–Crippen MR) is 61.6 cm³/mol. The maximum Gasteiger partial charge on any atom is 0.134 e. The molecule has 1 saturated heterocycles. The molecule has 1 aromatic carbocycles. The molecule has 2 N–H and O–H groups in total. The van der Waals surface area contributed by atoms with Gasteiger partial charge in [-0.25, -0.2) is 8.78 Å². The molecular formula is C13H17F2NO. The molecule has 17 heavy (non-hydrogen) atoms. The Kier molecular flexibility index (Phi) is 3.74. The van der Waals surface area contributed by atoms with Gasteiger partial charge in [-0.15, -0.1) is 0 Å². The zero-order valence-corrected chi connectivity index (χ0v) is 9.84. The summed E-state index contributed by atoms with van der Waals surface area (Å²) >= 11 is 0. The third kappa shape index (κ3) is 2.48. The van der Waals surface area contributed by atoms with Crippen molar-refractivity contribution >= 4 is 0 Å². The number of aliphatic hydroxyl groups excluding tert-OH is 1. The highest BCUT2D eigenvalue weighted by molar-refractivity contribution is 5.28. The third-order valence-electron chi connectivity index (χ3n) is 3.40. The molecule has 1 aliphatic heterocycles. The second-order valence-electron chi connectivity index (χ2n) is 4.64. The van der Waals surface area contributed by atoms with Crippen LogP contribution < -0.4 is 5.32 Å². The summed E-state index contributed by atoms with van der Waals surface area (Å²) in [5.41, 5.74) is 0.183. The van der Waals surface area contributed by atoms with Crippen molar-refractivity contribution in [1.29, 1.82) is 0 Å². The van der Waals surface area contributed by atoms with Crippen LogP contribution in [-0.2, 0) is 0 Å². The van der Waals surface area contributed by atoms with Gasteiger partial charge in [0, 0.05) is 12.5 Å². The van der Waals surface area contributed by atoms with Gasteiger partial charge >= 0.3 is 0 Å². The van der Waals surface area contributed by atoms with Crippen LogP contribution in [0, 0.1) is 24.5 Å². The zero-order chi connectivity index (χ0) is 12.4. The van der Waals surface area contributed by atoms with E-state index in [9.17, 15) is 13.9 Å². The first kappa shape index (κ1) is 12.5. The van der Waals surface area contributed by atoms with Crippen molar-refractivity contribution in [3.8, 4) is 0 Å². The molecule has 0 saturated carbocycles. The van der Waals surface area contributed by atoms with Crippen molar-refractivity contribution < 1.29 is 13.9 Å². The molecule has 4 heteroatoms. The topological polar surface area (TPSA) is 32.3 Å². The fourth-order valence-corrected chi connectivity index (χ4v) is 2.33. The van der Waals surface area contributed by atoms with E-state index in [0.717, 1.165) is 19.4 Å². The molecule has 0 bridgehead atoms. The molecule has 2 atom stereocenters. The largest absolute Gasteiger partial charge is 0.388 e. The van der Waals surface area contributed by atoms with Crippen LogP contribution in [0.15, 0.2) is 12.1 Å². The van der Waals surface area contributed by atoms with Gasteiger partial charge in [0.1, 0.15) is 11.6 Å². The first-order chi connectivity index (χ1) is 8.11. The van der Waals surface area contributed by atoms with E-state index in [1.807, 2.05) is 0 Å². The van der Waals surface area contributed by atoms with Gasteiger partial charge < -0.3 is 10.4 Å². The number of aryl methyl sites for hydroxylation is 1. The fraction of sp³-hybridized carbons (Fsp3) is 0.538. The van der Waals surface area contributed by atoms with Crippen molar-refractivity contribution in [2.75, 3.05) is 13.1 Å². The Morgan fingerprint density at radius 1 is 1.41 bits per heavy atom. The molecule has 0 aliphatic carbocycles. The van der Waals surface area contributed by atoms with E-state index in [-0.39, 0.29) is 11.5 Å². The van der Waals surface area contributed by atoms with Crippen molar-refractivity contribution in [3.05, 3.63) is 34.9 Å². The minimum Gasteiger partial charge on any atom is -0.388 e. The van der Waals surface area contributed by atoms with Crippen molar-refractivity contribution in [1.82, 2.24) is 5.32 Å². The first-order valence-corrected chi connectivity index (χ1v) is 5.94. The number of nitrogens with one attached hydrogen (secondary N) is 1. The molecule has 2 unspecified atom stereocenters. The molecule has 1 fully saturated rings. The van der Waals surface area contributed by atoms with Crippen LogP contribution in [0.25, 0.3) is 0 Å². The first-order valence-electron chi connectivity index (χ1n) is 5.94. The molecule has 1 aromatic rings. The lowest BCUT2D eigenvalue weighted by Crippen LogP contribution is -2.33. The van der Waals surface area contributed by atoms with Gasteiger partial charge in [-0.2, -0.15) is 0 Å². The molecule has 1 heterocycles. The van der Waals surface area contributed by atoms with E-state index in [4.69, 9.17) is 0 Å².